The zero-order valence-corrected chi connectivity index (χ0v) is 12.0. The molecule has 1 aliphatic heterocycles. The van der Waals surface area contributed by atoms with Gasteiger partial charge in [0.2, 0.25) is 0 Å². The van der Waals surface area contributed by atoms with Crippen LogP contribution in [0.4, 0.5) is 24.5 Å². The van der Waals surface area contributed by atoms with Gasteiger partial charge in [-0.3, -0.25) is 9.48 Å². The lowest BCUT2D eigenvalue weighted by atomic mass is 10.1. The number of alkyl halides is 3. The molecule has 23 heavy (non-hydrogen) atoms. The number of anilines is 2. The van der Waals surface area contributed by atoms with E-state index in [-0.39, 0.29) is 29.1 Å². The van der Waals surface area contributed by atoms with Crippen molar-refractivity contribution in [2.45, 2.75) is 19.3 Å². The van der Waals surface area contributed by atoms with Gasteiger partial charge in [0, 0.05) is 12.2 Å². The first-order valence-corrected chi connectivity index (χ1v) is 6.77. The largest absolute Gasteiger partial charge is 0.573 e. The summed E-state index contributed by atoms with van der Waals surface area (Å²) in [6.07, 6.45) is -3.34. The first kappa shape index (κ1) is 15.2. The average molecular weight is 326 g/mol. The fraction of sp³-hybridized carbons (Fsp3) is 0.286. The number of aromatic nitrogens is 2. The maximum absolute atomic E-state index is 12.5. The van der Waals surface area contributed by atoms with Gasteiger partial charge in [0.1, 0.15) is 11.4 Å². The lowest BCUT2D eigenvalue weighted by Gasteiger charge is -2.32. The Kier molecular flexibility index (Phi) is 3.42. The van der Waals surface area contributed by atoms with Crippen LogP contribution in [-0.2, 0) is 0 Å². The molecule has 0 saturated carbocycles. The van der Waals surface area contributed by atoms with Crippen molar-refractivity contribution in [3.8, 4) is 5.75 Å². The quantitative estimate of drug-likeness (QED) is 0.920. The third-order valence-electron chi connectivity index (χ3n) is 3.52. The minimum Gasteiger partial charge on any atom is -0.406 e. The summed E-state index contributed by atoms with van der Waals surface area (Å²) in [6.45, 7) is 2.21. The second-order valence-corrected chi connectivity index (χ2v) is 5.20. The summed E-state index contributed by atoms with van der Waals surface area (Å²) in [5.41, 5.74) is 6.78. The fourth-order valence-corrected chi connectivity index (χ4v) is 2.53. The summed E-state index contributed by atoms with van der Waals surface area (Å²) in [7, 11) is 0. The van der Waals surface area contributed by atoms with E-state index in [2.05, 4.69) is 9.84 Å². The smallest absolute Gasteiger partial charge is 0.406 e. The van der Waals surface area contributed by atoms with E-state index in [0.29, 0.717) is 12.2 Å². The number of ether oxygens (including phenoxy) is 1. The predicted molar refractivity (Wildman–Crippen MR) is 76.2 cm³/mol. The molecule has 0 spiro atoms. The fourth-order valence-electron chi connectivity index (χ4n) is 2.53. The van der Waals surface area contributed by atoms with E-state index < -0.39 is 6.36 Å². The van der Waals surface area contributed by atoms with Crippen LogP contribution in [0.2, 0.25) is 0 Å². The molecule has 2 heterocycles. The molecule has 0 radical (unpaired) electrons. The van der Waals surface area contributed by atoms with Crippen LogP contribution in [0.3, 0.4) is 0 Å². The molecule has 2 N–H and O–H groups in total. The number of rotatable bonds is 2. The van der Waals surface area contributed by atoms with E-state index in [1.54, 1.807) is 4.68 Å². The summed E-state index contributed by atoms with van der Waals surface area (Å²) in [5.74, 6) is -0.689. The number of benzene rings is 1. The predicted octanol–water partition coefficient (Wildman–Crippen LogP) is 2.59. The second-order valence-electron chi connectivity index (χ2n) is 5.20. The molecule has 0 fully saturated rings. The zero-order chi connectivity index (χ0) is 16.8. The molecule has 1 unspecified atom stereocenters. The first-order valence-electron chi connectivity index (χ1n) is 6.77. The van der Waals surface area contributed by atoms with Gasteiger partial charge in [0.05, 0.1) is 17.9 Å². The van der Waals surface area contributed by atoms with Crippen LogP contribution in [-0.4, -0.2) is 28.6 Å². The van der Waals surface area contributed by atoms with Crippen LogP contribution >= 0.6 is 0 Å². The Bertz CT molecular complexity index is 739. The number of nitrogens with zero attached hydrogens (tertiary/aromatic N) is 3. The topological polar surface area (TPSA) is 73.4 Å². The number of carbonyl (C=O) groups excluding carboxylic acids is 1. The maximum Gasteiger partial charge on any atom is 0.573 e. The van der Waals surface area contributed by atoms with E-state index >= 15 is 0 Å². The highest BCUT2D eigenvalue weighted by Gasteiger charge is 2.33. The first-order chi connectivity index (χ1) is 10.8. The molecular weight excluding hydrogens is 313 g/mol. The summed E-state index contributed by atoms with van der Waals surface area (Å²) in [4.78, 5) is 14.0. The molecule has 1 aromatic carbocycles. The van der Waals surface area contributed by atoms with Crippen LogP contribution in [0, 0.1) is 0 Å². The number of hydrogen-bond acceptors (Lipinski definition) is 4. The van der Waals surface area contributed by atoms with Crippen LogP contribution in [0.15, 0.2) is 30.5 Å². The molecule has 6 nitrogen and oxygen atoms in total. The highest BCUT2D eigenvalue weighted by atomic mass is 19.4. The van der Waals surface area contributed by atoms with Crippen LogP contribution < -0.4 is 15.4 Å². The third-order valence-corrected chi connectivity index (χ3v) is 3.52. The summed E-state index contributed by atoms with van der Waals surface area (Å²) < 4.78 is 41.9. The van der Waals surface area contributed by atoms with Crippen LogP contribution in [0.5, 0.6) is 5.75 Å². The van der Waals surface area contributed by atoms with Crippen molar-refractivity contribution in [3.05, 3.63) is 36.2 Å². The number of hydrogen-bond donors (Lipinski definition) is 1. The Morgan fingerprint density at radius 2 is 1.96 bits per heavy atom. The Morgan fingerprint density at radius 3 is 2.57 bits per heavy atom. The van der Waals surface area contributed by atoms with Gasteiger partial charge in [0.15, 0.2) is 0 Å². The minimum absolute atomic E-state index is 0.105. The molecular formula is C14H13F3N4O2. The van der Waals surface area contributed by atoms with Gasteiger partial charge in [-0.2, -0.15) is 5.10 Å². The molecule has 3 rings (SSSR count). The van der Waals surface area contributed by atoms with Gasteiger partial charge in [0.25, 0.3) is 5.91 Å². The Balaban J connectivity index is 1.88. The van der Waals surface area contributed by atoms with Crippen molar-refractivity contribution < 1.29 is 22.7 Å². The van der Waals surface area contributed by atoms with Gasteiger partial charge >= 0.3 is 6.36 Å². The number of fused-ring (bicyclic) bond motifs is 1. The molecule has 1 aromatic heterocycles. The Morgan fingerprint density at radius 1 is 1.30 bits per heavy atom. The van der Waals surface area contributed by atoms with Gasteiger partial charge in [-0.15, -0.1) is 13.2 Å². The van der Waals surface area contributed by atoms with E-state index in [9.17, 15) is 18.0 Å². The van der Waals surface area contributed by atoms with E-state index in [1.807, 2.05) is 6.92 Å². The third kappa shape index (κ3) is 2.81. The van der Waals surface area contributed by atoms with E-state index in [4.69, 9.17) is 5.73 Å². The molecule has 1 atom stereocenters. The lowest BCUT2D eigenvalue weighted by Crippen LogP contribution is -2.42. The van der Waals surface area contributed by atoms with Crippen molar-refractivity contribution >= 4 is 17.3 Å². The number of carbonyl (C=O) groups is 1. The highest BCUT2D eigenvalue weighted by molar-refractivity contribution is 6.08. The molecule has 9 heteroatoms. The van der Waals surface area contributed by atoms with Crippen molar-refractivity contribution in [1.29, 1.82) is 0 Å². The Hall–Kier alpha value is -2.71. The minimum atomic E-state index is -4.75. The molecule has 0 bridgehead atoms. The lowest BCUT2D eigenvalue weighted by molar-refractivity contribution is -0.274. The normalized spacial score (nSPS) is 18.0. The molecule has 1 aliphatic rings. The summed E-state index contributed by atoms with van der Waals surface area (Å²) >= 11 is 0. The summed E-state index contributed by atoms with van der Waals surface area (Å²) in [6, 6.07) is 5.01. The van der Waals surface area contributed by atoms with E-state index in [1.165, 1.54) is 23.2 Å². The second kappa shape index (κ2) is 5.18. The summed E-state index contributed by atoms with van der Waals surface area (Å²) in [5, 5.41) is 4.07. The number of nitrogens with two attached hydrogens (primary N) is 1. The maximum atomic E-state index is 12.5. The molecule has 0 saturated heterocycles. The number of nitrogen functional groups attached to an aromatic ring is 1. The monoisotopic (exact) mass is 326 g/mol. The van der Waals surface area contributed by atoms with Crippen molar-refractivity contribution in [2.24, 2.45) is 0 Å². The average Bonchev–Trinajstić information content (AvgIpc) is 2.85. The molecule has 2 aromatic rings. The number of halogens is 3. The molecule has 122 valence electrons. The SMILES string of the molecule is CC1CN(c2ccc(OC(F)(F)F)cc2)C(=O)c2c(N)cnn21. The standard InChI is InChI=1S/C14H13F3N4O2/c1-8-7-20(13(22)12-11(18)6-19-21(8)12)9-2-4-10(5-3-9)23-14(15,16)17/h2-6,8H,7,18H2,1H3. The van der Waals surface area contributed by atoms with E-state index in [0.717, 1.165) is 12.1 Å². The van der Waals surface area contributed by atoms with Crippen LogP contribution in [0.1, 0.15) is 23.5 Å². The van der Waals surface area contributed by atoms with Crippen molar-refractivity contribution in [1.82, 2.24) is 9.78 Å². The van der Waals surface area contributed by atoms with Gasteiger partial charge < -0.3 is 15.4 Å². The Labute approximate surface area is 129 Å². The van der Waals surface area contributed by atoms with Gasteiger partial charge in [-0.1, -0.05) is 0 Å². The zero-order valence-electron chi connectivity index (χ0n) is 12.0. The van der Waals surface area contributed by atoms with Crippen molar-refractivity contribution in [2.75, 3.05) is 17.2 Å². The van der Waals surface area contributed by atoms with Crippen LogP contribution in [0.25, 0.3) is 0 Å². The highest BCUT2D eigenvalue weighted by Crippen LogP contribution is 2.30. The molecule has 0 aliphatic carbocycles. The number of amides is 1. The van der Waals surface area contributed by atoms with Gasteiger partial charge in [-0.05, 0) is 31.2 Å². The van der Waals surface area contributed by atoms with Crippen molar-refractivity contribution in [3.63, 3.8) is 0 Å². The molecule has 1 amide bonds. The van der Waals surface area contributed by atoms with Gasteiger partial charge in [-0.25, -0.2) is 0 Å².